The molecule has 138 valence electrons. The minimum Gasteiger partial charge on any atom is -0.472 e. The summed E-state index contributed by atoms with van der Waals surface area (Å²) in [5, 5.41) is 2.90. The Balaban J connectivity index is 1.33. The molecule has 4 rings (SSSR count). The van der Waals surface area contributed by atoms with Gasteiger partial charge in [-0.05, 0) is 54.1 Å². The molecular weight excluding hydrogens is 352 g/mol. The molecule has 0 radical (unpaired) electrons. The van der Waals surface area contributed by atoms with E-state index in [1.807, 2.05) is 48.5 Å². The third kappa shape index (κ3) is 4.27. The van der Waals surface area contributed by atoms with Crippen molar-refractivity contribution in [3.05, 3.63) is 103 Å². The number of hydrogen-bond donors (Lipinski definition) is 1. The van der Waals surface area contributed by atoms with E-state index >= 15 is 0 Å². The van der Waals surface area contributed by atoms with Crippen LogP contribution in [0.5, 0.6) is 11.5 Å². The number of pyridine rings is 1. The average Bonchev–Trinajstić information content (AvgIpc) is 3.29. The molecule has 0 fully saturated rings. The van der Waals surface area contributed by atoms with Gasteiger partial charge in [0.05, 0.1) is 18.2 Å². The van der Waals surface area contributed by atoms with Crippen LogP contribution < -0.4 is 10.1 Å². The van der Waals surface area contributed by atoms with Crippen molar-refractivity contribution in [3.8, 4) is 22.8 Å². The van der Waals surface area contributed by atoms with Crippen LogP contribution in [0.2, 0.25) is 0 Å². The largest absolute Gasteiger partial charge is 0.472 e. The number of ether oxygens (including phenoxy) is 1. The summed E-state index contributed by atoms with van der Waals surface area (Å²) < 4.78 is 10.8. The van der Waals surface area contributed by atoms with E-state index < -0.39 is 0 Å². The Hall–Kier alpha value is -3.86. The molecule has 5 heteroatoms. The van der Waals surface area contributed by atoms with Gasteiger partial charge in [0.1, 0.15) is 11.5 Å². The first-order valence-electron chi connectivity index (χ1n) is 8.86. The summed E-state index contributed by atoms with van der Waals surface area (Å²) in [7, 11) is 0. The van der Waals surface area contributed by atoms with Crippen LogP contribution in [0.25, 0.3) is 11.3 Å². The number of nitrogens with zero attached hydrogens (tertiary/aromatic N) is 1. The van der Waals surface area contributed by atoms with Crippen molar-refractivity contribution >= 4 is 5.91 Å². The van der Waals surface area contributed by atoms with Gasteiger partial charge in [-0.25, -0.2) is 0 Å². The molecule has 0 bridgehead atoms. The van der Waals surface area contributed by atoms with E-state index in [-0.39, 0.29) is 5.91 Å². The highest BCUT2D eigenvalue weighted by atomic mass is 16.5. The highest BCUT2D eigenvalue weighted by Crippen LogP contribution is 2.21. The summed E-state index contributed by atoms with van der Waals surface area (Å²) in [5.41, 5.74) is 3.25. The van der Waals surface area contributed by atoms with Crippen LogP contribution in [0.4, 0.5) is 0 Å². The number of para-hydroxylation sites is 1. The summed E-state index contributed by atoms with van der Waals surface area (Å²) in [6.07, 6.45) is 5.01. The first-order valence-corrected chi connectivity index (χ1v) is 8.86. The Morgan fingerprint density at radius 1 is 0.929 bits per heavy atom. The quantitative estimate of drug-likeness (QED) is 0.515. The van der Waals surface area contributed by atoms with Gasteiger partial charge in [0.15, 0.2) is 0 Å². The van der Waals surface area contributed by atoms with Gasteiger partial charge < -0.3 is 14.5 Å². The van der Waals surface area contributed by atoms with Crippen LogP contribution in [-0.4, -0.2) is 10.9 Å². The number of rotatable bonds is 6. The highest BCUT2D eigenvalue weighted by Gasteiger charge is 2.07. The second-order valence-electron chi connectivity index (χ2n) is 6.19. The molecule has 0 aliphatic heterocycles. The van der Waals surface area contributed by atoms with Gasteiger partial charge in [0.25, 0.3) is 5.91 Å². The molecule has 1 N–H and O–H groups in total. The van der Waals surface area contributed by atoms with Gasteiger partial charge in [0, 0.05) is 23.9 Å². The van der Waals surface area contributed by atoms with E-state index in [4.69, 9.17) is 9.15 Å². The summed E-state index contributed by atoms with van der Waals surface area (Å²) >= 11 is 0. The predicted molar refractivity (Wildman–Crippen MR) is 106 cm³/mol. The molecule has 0 spiro atoms. The molecule has 0 saturated carbocycles. The Labute approximate surface area is 162 Å². The number of carbonyl (C=O) groups excluding carboxylic acids is 1. The monoisotopic (exact) mass is 370 g/mol. The topological polar surface area (TPSA) is 64.4 Å². The minimum absolute atomic E-state index is 0.148. The van der Waals surface area contributed by atoms with Gasteiger partial charge in [-0.1, -0.05) is 24.3 Å². The van der Waals surface area contributed by atoms with Crippen LogP contribution in [0, 0.1) is 0 Å². The molecule has 28 heavy (non-hydrogen) atoms. The lowest BCUT2D eigenvalue weighted by Gasteiger charge is -2.08. The molecule has 1 amide bonds. The second-order valence-corrected chi connectivity index (χ2v) is 6.19. The molecule has 0 atom stereocenters. The van der Waals surface area contributed by atoms with Crippen LogP contribution in [0.3, 0.4) is 0 Å². The number of nitrogens with one attached hydrogen (secondary N) is 1. The lowest BCUT2D eigenvalue weighted by molar-refractivity contribution is 0.0951. The number of hydrogen-bond acceptors (Lipinski definition) is 4. The lowest BCUT2D eigenvalue weighted by Crippen LogP contribution is -2.22. The van der Waals surface area contributed by atoms with Crippen LogP contribution in [0.1, 0.15) is 15.9 Å². The fourth-order valence-electron chi connectivity index (χ4n) is 2.69. The average molecular weight is 370 g/mol. The maximum absolute atomic E-state index is 12.4. The van der Waals surface area contributed by atoms with Crippen molar-refractivity contribution in [2.75, 3.05) is 0 Å². The van der Waals surface area contributed by atoms with Crippen molar-refractivity contribution in [1.29, 1.82) is 0 Å². The fourth-order valence-corrected chi connectivity index (χ4v) is 2.69. The van der Waals surface area contributed by atoms with E-state index in [2.05, 4.69) is 10.3 Å². The summed E-state index contributed by atoms with van der Waals surface area (Å²) in [4.78, 5) is 16.8. The lowest BCUT2D eigenvalue weighted by atomic mass is 10.1. The molecule has 0 aliphatic carbocycles. The smallest absolute Gasteiger partial charge is 0.251 e. The number of amides is 1. The van der Waals surface area contributed by atoms with Crippen molar-refractivity contribution in [2.24, 2.45) is 0 Å². The molecule has 0 saturated heterocycles. The zero-order valence-corrected chi connectivity index (χ0v) is 15.0. The maximum atomic E-state index is 12.4. The van der Waals surface area contributed by atoms with Gasteiger partial charge in [0.2, 0.25) is 0 Å². The van der Waals surface area contributed by atoms with E-state index in [0.717, 1.165) is 22.6 Å². The van der Waals surface area contributed by atoms with E-state index in [1.54, 1.807) is 43.0 Å². The zero-order chi connectivity index (χ0) is 19.2. The number of furan rings is 1. The molecule has 0 aliphatic rings. The summed E-state index contributed by atoms with van der Waals surface area (Å²) in [5.74, 6) is 1.29. The molecule has 2 aromatic heterocycles. The molecule has 4 aromatic rings. The Kier molecular flexibility index (Phi) is 5.15. The zero-order valence-electron chi connectivity index (χ0n) is 15.0. The Bertz CT molecular complexity index is 1030. The second kappa shape index (κ2) is 8.22. The Morgan fingerprint density at radius 3 is 2.39 bits per heavy atom. The molecule has 0 unspecified atom stereocenters. The first-order chi connectivity index (χ1) is 13.8. The highest BCUT2D eigenvalue weighted by molar-refractivity contribution is 5.94. The van der Waals surface area contributed by atoms with E-state index in [1.165, 1.54) is 0 Å². The van der Waals surface area contributed by atoms with Crippen LogP contribution >= 0.6 is 0 Å². The predicted octanol–water partition coefficient (Wildman–Crippen LogP) is 5.06. The van der Waals surface area contributed by atoms with Crippen molar-refractivity contribution in [1.82, 2.24) is 10.3 Å². The third-order valence-corrected chi connectivity index (χ3v) is 4.19. The standard InChI is InChI=1S/C23H18N2O3/c26-23(18-7-9-21(10-8-18)28-20-4-2-1-3-5-20)25-15-17-6-11-22(24-14-17)19-12-13-27-16-19/h1-14,16H,15H2,(H,25,26). The number of carbonyl (C=O) groups is 1. The minimum atomic E-state index is -0.148. The number of aromatic nitrogens is 1. The normalized spacial score (nSPS) is 10.4. The molecule has 2 heterocycles. The summed E-state index contributed by atoms with van der Waals surface area (Å²) in [6.45, 7) is 0.403. The van der Waals surface area contributed by atoms with Crippen molar-refractivity contribution in [2.45, 2.75) is 6.54 Å². The van der Waals surface area contributed by atoms with Crippen molar-refractivity contribution < 1.29 is 13.9 Å². The van der Waals surface area contributed by atoms with Gasteiger partial charge in [-0.3, -0.25) is 9.78 Å². The van der Waals surface area contributed by atoms with Gasteiger partial charge in [-0.15, -0.1) is 0 Å². The van der Waals surface area contributed by atoms with Gasteiger partial charge >= 0.3 is 0 Å². The van der Waals surface area contributed by atoms with Crippen molar-refractivity contribution in [3.63, 3.8) is 0 Å². The summed E-state index contributed by atoms with van der Waals surface area (Å²) in [6, 6.07) is 22.3. The number of benzene rings is 2. The SMILES string of the molecule is O=C(NCc1ccc(-c2ccoc2)nc1)c1ccc(Oc2ccccc2)cc1. The molecule has 5 nitrogen and oxygen atoms in total. The maximum Gasteiger partial charge on any atom is 0.251 e. The van der Waals surface area contributed by atoms with Crippen LogP contribution in [0.15, 0.2) is 95.9 Å². The van der Waals surface area contributed by atoms with E-state index in [9.17, 15) is 4.79 Å². The molecule has 2 aromatic carbocycles. The molecular formula is C23H18N2O3. The Morgan fingerprint density at radius 2 is 1.71 bits per heavy atom. The third-order valence-electron chi connectivity index (χ3n) is 4.19. The first kappa shape index (κ1) is 17.5. The van der Waals surface area contributed by atoms with Gasteiger partial charge in [-0.2, -0.15) is 0 Å². The van der Waals surface area contributed by atoms with Crippen LogP contribution in [-0.2, 0) is 6.54 Å². The van der Waals surface area contributed by atoms with E-state index in [0.29, 0.717) is 17.9 Å². The fraction of sp³-hybridized carbons (Fsp3) is 0.0435.